The van der Waals surface area contributed by atoms with Crippen molar-refractivity contribution in [3.05, 3.63) is 91.1 Å². The van der Waals surface area contributed by atoms with Gasteiger partial charge in [0.15, 0.2) is 17.2 Å². The quantitative estimate of drug-likeness (QED) is 0.571. The van der Waals surface area contributed by atoms with Gasteiger partial charge in [-0.15, -0.1) is 0 Å². The van der Waals surface area contributed by atoms with Crippen molar-refractivity contribution in [3.8, 4) is 34.2 Å². The molecule has 0 amide bonds. The number of phenolic OH excluding ortho intramolecular Hbond substituents is 1. The van der Waals surface area contributed by atoms with E-state index < -0.39 is 0 Å². The summed E-state index contributed by atoms with van der Waals surface area (Å²) in [6, 6.07) is 26.7. The van der Waals surface area contributed by atoms with Gasteiger partial charge in [-0.1, -0.05) is 60.7 Å². The molecular weight excluding hydrogens is 312 g/mol. The molecule has 25 heavy (non-hydrogen) atoms. The van der Waals surface area contributed by atoms with Crippen molar-refractivity contribution in [3.63, 3.8) is 0 Å². The largest absolute Gasteiger partial charge is 0.504 e. The maximum absolute atomic E-state index is 10.0. The molecule has 0 saturated heterocycles. The van der Waals surface area contributed by atoms with Crippen LogP contribution in [0.15, 0.2) is 91.1 Å². The highest BCUT2D eigenvalue weighted by Crippen LogP contribution is 2.37. The molecule has 0 saturated carbocycles. The molecule has 4 rings (SSSR count). The number of aromatic nitrogens is 2. The Morgan fingerprint density at radius 2 is 1.36 bits per heavy atom. The summed E-state index contributed by atoms with van der Waals surface area (Å²) >= 11 is 0. The first-order valence-electron chi connectivity index (χ1n) is 7.97. The molecule has 3 aromatic carbocycles. The third kappa shape index (κ3) is 2.97. The van der Waals surface area contributed by atoms with Crippen LogP contribution in [0.3, 0.4) is 0 Å². The standard InChI is InChI=1S/C21H16N2O2/c24-18-13-7-8-14-19(18)25-20-15-22-23(17-11-5-2-6-12-17)21(20)16-9-3-1-4-10-16/h1-15,24H. The Morgan fingerprint density at radius 1 is 0.720 bits per heavy atom. The van der Waals surface area contributed by atoms with Gasteiger partial charge in [0.1, 0.15) is 5.69 Å². The fourth-order valence-corrected chi connectivity index (χ4v) is 2.70. The summed E-state index contributed by atoms with van der Waals surface area (Å²) in [5.74, 6) is 1.07. The summed E-state index contributed by atoms with van der Waals surface area (Å²) in [5, 5.41) is 14.5. The number of nitrogens with zero attached hydrogens (tertiary/aromatic N) is 2. The molecule has 122 valence electrons. The van der Waals surface area contributed by atoms with Crippen molar-refractivity contribution in [2.75, 3.05) is 0 Å². The molecule has 1 aromatic heterocycles. The van der Waals surface area contributed by atoms with Crippen LogP contribution in [0.5, 0.6) is 17.2 Å². The molecule has 1 heterocycles. The molecular formula is C21H16N2O2. The van der Waals surface area contributed by atoms with E-state index in [1.54, 1.807) is 24.4 Å². The molecule has 0 aliphatic carbocycles. The van der Waals surface area contributed by atoms with Crippen molar-refractivity contribution < 1.29 is 9.84 Å². The van der Waals surface area contributed by atoms with Crippen molar-refractivity contribution in [2.24, 2.45) is 0 Å². The van der Waals surface area contributed by atoms with Crippen LogP contribution in [0.1, 0.15) is 0 Å². The van der Waals surface area contributed by atoms with Gasteiger partial charge in [-0.05, 0) is 24.3 Å². The van der Waals surface area contributed by atoms with E-state index in [1.165, 1.54) is 0 Å². The van der Waals surface area contributed by atoms with E-state index in [-0.39, 0.29) is 5.75 Å². The SMILES string of the molecule is Oc1ccccc1Oc1cnn(-c2ccccc2)c1-c1ccccc1. The molecule has 0 aliphatic rings. The van der Waals surface area contributed by atoms with Crippen LogP contribution >= 0.6 is 0 Å². The molecule has 0 unspecified atom stereocenters. The van der Waals surface area contributed by atoms with Gasteiger partial charge in [0.05, 0.1) is 11.9 Å². The van der Waals surface area contributed by atoms with Crippen molar-refractivity contribution in [1.82, 2.24) is 9.78 Å². The maximum atomic E-state index is 10.0. The Morgan fingerprint density at radius 3 is 2.08 bits per heavy atom. The van der Waals surface area contributed by atoms with E-state index in [4.69, 9.17) is 4.74 Å². The zero-order valence-electron chi connectivity index (χ0n) is 13.4. The summed E-state index contributed by atoms with van der Waals surface area (Å²) in [5.41, 5.74) is 2.75. The summed E-state index contributed by atoms with van der Waals surface area (Å²) in [6.07, 6.45) is 1.67. The van der Waals surface area contributed by atoms with Crippen LogP contribution < -0.4 is 4.74 Å². The normalized spacial score (nSPS) is 10.6. The monoisotopic (exact) mass is 328 g/mol. The highest BCUT2D eigenvalue weighted by molar-refractivity contribution is 5.69. The third-order valence-electron chi connectivity index (χ3n) is 3.87. The zero-order chi connectivity index (χ0) is 17.1. The van der Waals surface area contributed by atoms with E-state index in [2.05, 4.69) is 5.10 Å². The second-order valence-electron chi connectivity index (χ2n) is 5.54. The number of ether oxygens (including phenoxy) is 1. The fraction of sp³-hybridized carbons (Fsp3) is 0. The molecule has 0 fully saturated rings. The summed E-state index contributed by atoms with van der Waals surface area (Å²) < 4.78 is 7.80. The smallest absolute Gasteiger partial charge is 0.173 e. The van der Waals surface area contributed by atoms with Gasteiger partial charge in [0.25, 0.3) is 0 Å². The first-order chi connectivity index (χ1) is 12.3. The zero-order valence-corrected chi connectivity index (χ0v) is 13.4. The van der Waals surface area contributed by atoms with E-state index in [0.717, 1.165) is 16.9 Å². The highest BCUT2D eigenvalue weighted by atomic mass is 16.5. The first kappa shape index (κ1) is 15.0. The minimum absolute atomic E-state index is 0.0916. The van der Waals surface area contributed by atoms with Crippen molar-refractivity contribution >= 4 is 0 Å². The van der Waals surface area contributed by atoms with E-state index in [9.17, 15) is 5.11 Å². The number of rotatable bonds is 4. The minimum Gasteiger partial charge on any atom is -0.504 e. The Bertz CT molecular complexity index is 979. The topological polar surface area (TPSA) is 47.3 Å². The second kappa shape index (κ2) is 6.53. The second-order valence-corrected chi connectivity index (χ2v) is 5.54. The fourth-order valence-electron chi connectivity index (χ4n) is 2.70. The lowest BCUT2D eigenvalue weighted by molar-refractivity contribution is 0.412. The van der Waals surface area contributed by atoms with Gasteiger partial charge in [0.2, 0.25) is 0 Å². The van der Waals surface area contributed by atoms with Gasteiger partial charge in [0, 0.05) is 5.56 Å². The van der Waals surface area contributed by atoms with Crippen LogP contribution in [-0.4, -0.2) is 14.9 Å². The van der Waals surface area contributed by atoms with Gasteiger partial charge >= 0.3 is 0 Å². The molecule has 0 radical (unpaired) electrons. The van der Waals surface area contributed by atoms with Crippen LogP contribution in [0.2, 0.25) is 0 Å². The van der Waals surface area contributed by atoms with Gasteiger partial charge < -0.3 is 9.84 Å². The Balaban J connectivity index is 1.85. The summed E-state index contributed by atoms with van der Waals surface area (Å²) in [6.45, 7) is 0. The summed E-state index contributed by atoms with van der Waals surface area (Å²) in [7, 11) is 0. The average Bonchev–Trinajstić information content (AvgIpc) is 3.09. The van der Waals surface area contributed by atoms with Crippen molar-refractivity contribution in [2.45, 2.75) is 0 Å². The number of phenols is 1. The molecule has 0 atom stereocenters. The predicted octanol–water partition coefficient (Wildman–Crippen LogP) is 5.04. The van der Waals surface area contributed by atoms with Gasteiger partial charge in [-0.3, -0.25) is 0 Å². The first-order valence-corrected chi connectivity index (χ1v) is 7.97. The number of hydrogen-bond donors (Lipinski definition) is 1. The molecule has 1 N–H and O–H groups in total. The van der Waals surface area contributed by atoms with Crippen LogP contribution in [0.25, 0.3) is 16.9 Å². The Kier molecular flexibility index (Phi) is 3.92. The van der Waals surface area contributed by atoms with Crippen LogP contribution in [0.4, 0.5) is 0 Å². The van der Waals surface area contributed by atoms with Gasteiger partial charge in [-0.25, -0.2) is 4.68 Å². The van der Waals surface area contributed by atoms with Crippen LogP contribution in [-0.2, 0) is 0 Å². The molecule has 0 aliphatic heterocycles. The van der Waals surface area contributed by atoms with E-state index in [1.807, 2.05) is 71.4 Å². The number of benzene rings is 3. The molecule has 0 spiro atoms. The lowest BCUT2D eigenvalue weighted by Gasteiger charge is -2.11. The number of para-hydroxylation sites is 3. The lowest BCUT2D eigenvalue weighted by atomic mass is 10.1. The third-order valence-corrected chi connectivity index (χ3v) is 3.87. The highest BCUT2D eigenvalue weighted by Gasteiger charge is 2.17. The maximum Gasteiger partial charge on any atom is 0.173 e. The average molecular weight is 328 g/mol. The number of hydrogen-bond acceptors (Lipinski definition) is 3. The van der Waals surface area contributed by atoms with Gasteiger partial charge in [-0.2, -0.15) is 5.10 Å². The van der Waals surface area contributed by atoms with E-state index >= 15 is 0 Å². The minimum atomic E-state index is 0.0916. The molecule has 4 heteroatoms. The Labute approximate surface area is 145 Å². The molecule has 4 aromatic rings. The Hall–Kier alpha value is -3.53. The molecule has 0 bridgehead atoms. The lowest BCUT2D eigenvalue weighted by Crippen LogP contribution is -1.99. The summed E-state index contributed by atoms with van der Waals surface area (Å²) in [4.78, 5) is 0. The molecule has 4 nitrogen and oxygen atoms in total. The van der Waals surface area contributed by atoms with E-state index in [0.29, 0.717) is 11.5 Å². The number of aromatic hydroxyl groups is 1. The predicted molar refractivity (Wildman–Crippen MR) is 97.2 cm³/mol. The van der Waals surface area contributed by atoms with Crippen molar-refractivity contribution in [1.29, 1.82) is 0 Å². The van der Waals surface area contributed by atoms with Crippen LogP contribution in [0, 0.1) is 0 Å².